The lowest BCUT2D eigenvalue weighted by Gasteiger charge is -2.14. The van der Waals surface area contributed by atoms with E-state index in [0.29, 0.717) is 11.4 Å². The number of hydrogen-bond acceptors (Lipinski definition) is 3. The molecule has 1 rings (SSSR count). The van der Waals surface area contributed by atoms with Gasteiger partial charge in [-0.2, -0.15) is 0 Å². The van der Waals surface area contributed by atoms with Gasteiger partial charge in [0, 0.05) is 5.92 Å². The van der Waals surface area contributed by atoms with Crippen LogP contribution in [-0.2, 0) is 9.59 Å². The molecule has 5 heteroatoms. The van der Waals surface area contributed by atoms with Gasteiger partial charge in [0.1, 0.15) is 0 Å². The second kappa shape index (κ2) is 6.16. The summed E-state index contributed by atoms with van der Waals surface area (Å²) in [6.45, 7) is 5.43. The highest BCUT2D eigenvalue weighted by Crippen LogP contribution is 2.23. The van der Waals surface area contributed by atoms with Crippen molar-refractivity contribution in [2.45, 2.75) is 20.8 Å². The number of rotatable bonds is 4. The van der Waals surface area contributed by atoms with Crippen LogP contribution in [0.2, 0.25) is 0 Å². The van der Waals surface area contributed by atoms with Crippen LogP contribution in [0.3, 0.4) is 0 Å². The Labute approximate surface area is 107 Å². The molecule has 1 aromatic carbocycles. The zero-order chi connectivity index (χ0) is 13.7. The van der Waals surface area contributed by atoms with E-state index < -0.39 is 0 Å². The summed E-state index contributed by atoms with van der Waals surface area (Å²) in [6.07, 6.45) is 0. The van der Waals surface area contributed by atoms with Gasteiger partial charge in [-0.3, -0.25) is 9.59 Å². The van der Waals surface area contributed by atoms with Crippen molar-refractivity contribution in [1.29, 1.82) is 0 Å². The van der Waals surface area contributed by atoms with Gasteiger partial charge in [0.15, 0.2) is 0 Å². The van der Waals surface area contributed by atoms with Crippen LogP contribution < -0.4 is 16.4 Å². The molecular formula is C13H19N3O2. The van der Waals surface area contributed by atoms with E-state index in [1.54, 1.807) is 12.1 Å². The number of carbonyl (C=O) groups excluding carboxylic acids is 2. The number of anilines is 2. The monoisotopic (exact) mass is 249 g/mol. The lowest BCUT2D eigenvalue weighted by molar-refractivity contribution is -0.119. The lowest BCUT2D eigenvalue weighted by Crippen LogP contribution is -2.24. The van der Waals surface area contributed by atoms with Gasteiger partial charge in [-0.15, -0.1) is 0 Å². The molecule has 0 heterocycles. The Hall–Kier alpha value is -1.88. The quantitative estimate of drug-likeness (QED) is 0.755. The van der Waals surface area contributed by atoms with Crippen LogP contribution in [0, 0.1) is 12.8 Å². The maximum atomic E-state index is 11.7. The van der Waals surface area contributed by atoms with Gasteiger partial charge in [0.2, 0.25) is 11.8 Å². The molecule has 1 aromatic rings. The summed E-state index contributed by atoms with van der Waals surface area (Å²) in [6, 6.07) is 5.43. The molecule has 18 heavy (non-hydrogen) atoms. The molecule has 4 N–H and O–H groups in total. The van der Waals surface area contributed by atoms with Crippen LogP contribution in [0.4, 0.5) is 11.4 Å². The van der Waals surface area contributed by atoms with E-state index in [1.807, 2.05) is 26.8 Å². The van der Waals surface area contributed by atoms with Crippen LogP contribution in [0.25, 0.3) is 0 Å². The number of nitrogens with two attached hydrogens (primary N) is 1. The highest BCUT2D eigenvalue weighted by Gasteiger charge is 2.11. The molecule has 0 aliphatic heterocycles. The Morgan fingerprint density at radius 1 is 1.22 bits per heavy atom. The third-order valence-electron chi connectivity index (χ3n) is 2.42. The normalized spacial score (nSPS) is 10.3. The van der Waals surface area contributed by atoms with Crippen LogP contribution in [0.1, 0.15) is 19.4 Å². The third-order valence-corrected chi connectivity index (χ3v) is 2.42. The number of aryl methyl sites for hydroxylation is 1. The molecule has 0 saturated heterocycles. The van der Waals surface area contributed by atoms with Crippen molar-refractivity contribution < 1.29 is 9.59 Å². The maximum absolute atomic E-state index is 11.7. The van der Waals surface area contributed by atoms with Gasteiger partial charge in [-0.05, 0) is 24.6 Å². The summed E-state index contributed by atoms with van der Waals surface area (Å²) < 4.78 is 0. The number of hydrogen-bond donors (Lipinski definition) is 3. The van der Waals surface area contributed by atoms with E-state index in [-0.39, 0.29) is 24.3 Å². The largest absolute Gasteiger partial charge is 0.324 e. The molecule has 0 spiro atoms. The predicted molar refractivity (Wildman–Crippen MR) is 72.3 cm³/mol. The zero-order valence-corrected chi connectivity index (χ0v) is 10.9. The second-order valence-electron chi connectivity index (χ2n) is 4.45. The number of nitrogens with one attached hydrogen (secondary N) is 2. The molecule has 0 aromatic heterocycles. The first-order chi connectivity index (χ1) is 8.43. The van der Waals surface area contributed by atoms with Gasteiger partial charge in [-0.25, -0.2) is 0 Å². The van der Waals surface area contributed by atoms with Crippen molar-refractivity contribution in [3.8, 4) is 0 Å². The van der Waals surface area contributed by atoms with Gasteiger partial charge in [-0.1, -0.05) is 19.9 Å². The Bertz CT molecular complexity index is 456. The van der Waals surface area contributed by atoms with Crippen molar-refractivity contribution in [3.05, 3.63) is 23.8 Å². The molecule has 5 nitrogen and oxygen atoms in total. The first-order valence-corrected chi connectivity index (χ1v) is 5.85. The first-order valence-electron chi connectivity index (χ1n) is 5.85. The molecule has 0 bridgehead atoms. The number of benzene rings is 1. The van der Waals surface area contributed by atoms with E-state index in [1.165, 1.54) is 0 Å². The summed E-state index contributed by atoms with van der Waals surface area (Å²) in [4.78, 5) is 23.0. The SMILES string of the molecule is Cc1ccc(NC(=O)C(C)C)c(NC(=O)CN)c1. The molecule has 0 fully saturated rings. The first kappa shape index (κ1) is 14.2. The topological polar surface area (TPSA) is 84.2 Å². The van der Waals surface area contributed by atoms with Crippen molar-refractivity contribution in [1.82, 2.24) is 0 Å². The molecule has 0 radical (unpaired) electrons. The van der Waals surface area contributed by atoms with Gasteiger partial charge >= 0.3 is 0 Å². The summed E-state index contributed by atoms with van der Waals surface area (Å²) in [5, 5.41) is 5.44. The van der Waals surface area contributed by atoms with E-state index in [9.17, 15) is 9.59 Å². The Morgan fingerprint density at radius 2 is 1.89 bits per heavy atom. The van der Waals surface area contributed by atoms with Crippen LogP contribution in [-0.4, -0.2) is 18.4 Å². The Morgan fingerprint density at radius 3 is 2.44 bits per heavy atom. The molecule has 0 aliphatic rings. The van der Waals surface area contributed by atoms with Gasteiger partial charge in [0.05, 0.1) is 17.9 Å². The van der Waals surface area contributed by atoms with E-state index in [4.69, 9.17) is 5.73 Å². The molecule has 0 unspecified atom stereocenters. The van der Waals surface area contributed by atoms with Crippen molar-refractivity contribution in [2.24, 2.45) is 11.7 Å². The molecule has 2 amide bonds. The third kappa shape index (κ3) is 3.85. The minimum absolute atomic E-state index is 0.0918. The molecule has 0 saturated carbocycles. The Kier molecular flexibility index (Phi) is 4.85. The standard InChI is InChI=1S/C13H19N3O2/c1-8(2)13(18)16-10-5-4-9(3)6-11(10)15-12(17)7-14/h4-6,8H,7,14H2,1-3H3,(H,15,17)(H,16,18). The second-order valence-corrected chi connectivity index (χ2v) is 4.45. The number of carbonyl (C=O) groups is 2. The zero-order valence-electron chi connectivity index (χ0n) is 10.9. The van der Waals surface area contributed by atoms with E-state index in [0.717, 1.165) is 5.56 Å². The average Bonchev–Trinajstić information content (AvgIpc) is 2.32. The summed E-state index contributed by atoms with van der Waals surface area (Å²) in [5.41, 5.74) is 7.40. The predicted octanol–water partition coefficient (Wildman–Crippen LogP) is 1.49. The maximum Gasteiger partial charge on any atom is 0.238 e. The lowest BCUT2D eigenvalue weighted by atomic mass is 10.1. The fourth-order valence-corrected chi connectivity index (χ4v) is 1.35. The van der Waals surface area contributed by atoms with E-state index >= 15 is 0 Å². The average molecular weight is 249 g/mol. The van der Waals surface area contributed by atoms with Crippen LogP contribution in [0.15, 0.2) is 18.2 Å². The highest BCUT2D eigenvalue weighted by atomic mass is 16.2. The van der Waals surface area contributed by atoms with Gasteiger partial charge in [0.25, 0.3) is 0 Å². The Balaban J connectivity index is 2.96. The highest BCUT2D eigenvalue weighted by molar-refractivity contribution is 6.00. The van der Waals surface area contributed by atoms with Crippen LogP contribution in [0.5, 0.6) is 0 Å². The fourth-order valence-electron chi connectivity index (χ4n) is 1.35. The minimum Gasteiger partial charge on any atom is -0.324 e. The summed E-state index contributed by atoms with van der Waals surface area (Å²) >= 11 is 0. The summed E-state index contributed by atoms with van der Waals surface area (Å²) in [7, 11) is 0. The van der Waals surface area contributed by atoms with Crippen LogP contribution >= 0.6 is 0 Å². The van der Waals surface area contributed by atoms with E-state index in [2.05, 4.69) is 10.6 Å². The fraction of sp³-hybridized carbons (Fsp3) is 0.385. The van der Waals surface area contributed by atoms with Crippen molar-refractivity contribution in [3.63, 3.8) is 0 Å². The van der Waals surface area contributed by atoms with Gasteiger partial charge < -0.3 is 16.4 Å². The molecular weight excluding hydrogens is 230 g/mol. The molecule has 0 atom stereocenters. The molecule has 0 aliphatic carbocycles. The van der Waals surface area contributed by atoms with Crippen molar-refractivity contribution >= 4 is 23.2 Å². The molecule has 98 valence electrons. The summed E-state index contributed by atoms with van der Waals surface area (Å²) in [5.74, 6) is -0.507. The number of amides is 2. The smallest absolute Gasteiger partial charge is 0.238 e. The van der Waals surface area contributed by atoms with Crippen molar-refractivity contribution in [2.75, 3.05) is 17.2 Å². The minimum atomic E-state index is -0.291.